The first-order valence-corrected chi connectivity index (χ1v) is 8.92. The lowest BCUT2D eigenvalue weighted by Gasteiger charge is -2.41. The van der Waals surface area contributed by atoms with Crippen molar-refractivity contribution in [3.63, 3.8) is 0 Å². The first kappa shape index (κ1) is 16.3. The van der Waals surface area contributed by atoms with Gasteiger partial charge in [0.2, 0.25) is 0 Å². The van der Waals surface area contributed by atoms with Crippen LogP contribution in [0.2, 0.25) is 0 Å². The van der Waals surface area contributed by atoms with Crippen LogP contribution in [-0.2, 0) is 5.41 Å². The molecule has 2 aliphatic carbocycles. The summed E-state index contributed by atoms with van der Waals surface area (Å²) in [7, 11) is 0. The average molecular weight is 325 g/mol. The van der Waals surface area contributed by atoms with Crippen LogP contribution in [0.5, 0.6) is 0 Å². The van der Waals surface area contributed by atoms with Gasteiger partial charge in [-0.05, 0) is 48.8 Å². The summed E-state index contributed by atoms with van der Waals surface area (Å²) in [5.74, 6) is 0.760. The third kappa shape index (κ3) is 2.35. The third-order valence-corrected chi connectivity index (χ3v) is 5.85. The monoisotopic (exact) mass is 324 g/mol. The van der Waals surface area contributed by atoms with Crippen LogP contribution in [0.3, 0.4) is 0 Å². The lowest BCUT2D eigenvalue weighted by Crippen LogP contribution is -2.33. The van der Waals surface area contributed by atoms with Gasteiger partial charge in [-0.25, -0.2) is 0 Å². The van der Waals surface area contributed by atoms with Gasteiger partial charge in [0, 0.05) is 16.0 Å². The minimum absolute atomic E-state index is 0.0814. The smallest absolute Gasteiger partial charge is 0.0421 e. The fourth-order valence-corrected chi connectivity index (χ4v) is 4.72. The highest BCUT2D eigenvalue weighted by molar-refractivity contribution is 6.33. The number of fused-ring (bicyclic) bond motifs is 2. The highest BCUT2D eigenvalue weighted by atomic mass is 35.5. The SMILES string of the molecule is C=C/C=C1\C(=C(/C)Cl)c2ccccc2C12CCC(CC)CC2=C. The molecule has 0 amide bonds. The van der Waals surface area contributed by atoms with Gasteiger partial charge in [-0.15, -0.1) is 0 Å². The summed E-state index contributed by atoms with van der Waals surface area (Å²) in [6.07, 6.45) is 8.74. The molecule has 1 saturated carbocycles. The van der Waals surface area contributed by atoms with E-state index in [1.54, 1.807) is 0 Å². The zero-order valence-electron chi connectivity index (χ0n) is 14.2. The van der Waals surface area contributed by atoms with Gasteiger partial charge in [-0.2, -0.15) is 0 Å². The summed E-state index contributed by atoms with van der Waals surface area (Å²) >= 11 is 6.52. The molecular weight excluding hydrogens is 300 g/mol. The van der Waals surface area contributed by atoms with Crippen molar-refractivity contribution in [3.8, 4) is 0 Å². The Labute approximate surface area is 145 Å². The third-order valence-electron chi connectivity index (χ3n) is 5.66. The van der Waals surface area contributed by atoms with Gasteiger partial charge < -0.3 is 0 Å². The van der Waals surface area contributed by atoms with Crippen LogP contribution in [-0.4, -0.2) is 0 Å². The molecule has 1 heteroatoms. The highest BCUT2D eigenvalue weighted by Crippen LogP contribution is 2.60. The number of hydrogen-bond donors (Lipinski definition) is 0. The maximum absolute atomic E-state index is 6.52. The van der Waals surface area contributed by atoms with E-state index in [1.165, 1.54) is 40.7 Å². The number of hydrogen-bond acceptors (Lipinski definition) is 0. The van der Waals surface area contributed by atoms with E-state index in [2.05, 4.69) is 50.4 Å². The van der Waals surface area contributed by atoms with Crippen molar-refractivity contribution < 1.29 is 0 Å². The van der Waals surface area contributed by atoms with Gasteiger partial charge in [-0.3, -0.25) is 0 Å². The Kier molecular flexibility index (Phi) is 4.38. The van der Waals surface area contributed by atoms with Crippen LogP contribution in [0.25, 0.3) is 5.57 Å². The summed E-state index contributed by atoms with van der Waals surface area (Å²) in [6.45, 7) is 12.8. The minimum atomic E-state index is -0.0814. The maximum atomic E-state index is 6.52. The Bertz CT molecular complexity index is 715. The van der Waals surface area contributed by atoms with Crippen LogP contribution < -0.4 is 0 Å². The van der Waals surface area contributed by atoms with E-state index >= 15 is 0 Å². The number of benzene rings is 1. The molecule has 1 aromatic carbocycles. The predicted molar refractivity (Wildman–Crippen MR) is 102 cm³/mol. The molecule has 0 aromatic heterocycles. The van der Waals surface area contributed by atoms with E-state index in [9.17, 15) is 0 Å². The summed E-state index contributed by atoms with van der Waals surface area (Å²) < 4.78 is 0. The number of allylic oxidation sites excluding steroid dienone is 6. The van der Waals surface area contributed by atoms with Crippen LogP contribution in [0.4, 0.5) is 0 Å². The Morgan fingerprint density at radius 2 is 2.13 bits per heavy atom. The molecule has 2 aliphatic rings. The standard InChI is InChI=1S/C22H25Cl/c1-5-9-20-21(16(4)23)18-10-7-8-11-19(18)22(20)13-12-17(6-2)14-15(22)3/h5,7-11,17H,1,3,6,12-14H2,2,4H3/b20-9+,21-16+. The molecule has 0 aliphatic heterocycles. The molecule has 1 aromatic rings. The van der Waals surface area contributed by atoms with E-state index < -0.39 is 0 Å². The van der Waals surface area contributed by atoms with Crippen molar-refractivity contribution >= 4 is 17.2 Å². The molecule has 0 bridgehead atoms. The Balaban J connectivity index is 2.27. The van der Waals surface area contributed by atoms with Crippen molar-refractivity contribution in [2.75, 3.05) is 0 Å². The van der Waals surface area contributed by atoms with Crippen LogP contribution in [0.1, 0.15) is 50.7 Å². The largest absolute Gasteiger partial charge is 0.0991 e. The second kappa shape index (κ2) is 6.17. The fraction of sp³-hybridized carbons (Fsp3) is 0.364. The van der Waals surface area contributed by atoms with Gasteiger partial charge >= 0.3 is 0 Å². The highest BCUT2D eigenvalue weighted by Gasteiger charge is 2.49. The van der Waals surface area contributed by atoms with Crippen molar-refractivity contribution in [1.29, 1.82) is 0 Å². The summed E-state index contributed by atoms with van der Waals surface area (Å²) in [6, 6.07) is 8.69. The van der Waals surface area contributed by atoms with Gasteiger partial charge in [0.1, 0.15) is 0 Å². The van der Waals surface area contributed by atoms with Crippen molar-refractivity contribution in [2.45, 2.75) is 44.9 Å². The normalized spacial score (nSPS) is 30.7. The molecule has 3 rings (SSSR count). The fourth-order valence-electron chi connectivity index (χ4n) is 4.51. The topological polar surface area (TPSA) is 0 Å². The molecule has 2 unspecified atom stereocenters. The molecular formula is C22H25Cl. The first-order valence-electron chi connectivity index (χ1n) is 8.54. The summed E-state index contributed by atoms with van der Waals surface area (Å²) in [4.78, 5) is 0. The summed E-state index contributed by atoms with van der Waals surface area (Å²) in [5, 5.41) is 0.854. The molecule has 120 valence electrons. The van der Waals surface area contributed by atoms with Crippen molar-refractivity contribution in [1.82, 2.24) is 0 Å². The van der Waals surface area contributed by atoms with Gasteiger partial charge in [0.15, 0.2) is 0 Å². The zero-order chi connectivity index (χ0) is 16.6. The van der Waals surface area contributed by atoms with Crippen molar-refractivity contribution in [2.24, 2.45) is 5.92 Å². The van der Waals surface area contributed by atoms with Crippen molar-refractivity contribution in [3.05, 3.63) is 76.9 Å². The van der Waals surface area contributed by atoms with E-state index in [0.29, 0.717) is 0 Å². The molecule has 1 fully saturated rings. The maximum Gasteiger partial charge on any atom is 0.0421 e. The van der Waals surface area contributed by atoms with Crippen LogP contribution >= 0.6 is 11.6 Å². The summed E-state index contributed by atoms with van der Waals surface area (Å²) in [5.41, 5.74) is 6.37. The molecule has 23 heavy (non-hydrogen) atoms. The molecule has 0 heterocycles. The molecule has 0 radical (unpaired) electrons. The zero-order valence-corrected chi connectivity index (χ0v) is 14.9. The molecule has 0 N–H and O–H groups in total. The van der Waals surface area contributed by atoms with Gasteiger partial charge in [-0.1, -0.05) is 80.1 Å². The molecule has 0 nitrogen and oxygen atoms in total. The molecule has 1 spiro atoms. The van der Waals surface area contributed by atoms with E-state index in [0.717, 1.165) is 23.8 Å². The number of rotatable bonds is 2. The Morgan fingerprint density at radius 1 is 1.39 bits per heavy atom. The van der Waals surface area contributed by atoms with Gasteiger partial charge in [0.05, 0.1) is 0 Å². The van der Waals surface area contributed by atoms with Crippen LogP contribution in [0, 0.1) is 5.92 Å². The lowest BCUT2D eigenvalue weighted by molar-refractivity contribution is 0.338. The lowest BCUT2D eigenvalue weighted by atomic mass is 9.62. The average Bonchev–Trinajstić information content (AvgIpc) is 2.82. The minimum Gasteiger partial charge on any atom is -0.0991 e. The number of halogens is 1. The molecule has 2 atom stereocenters. The quantitative estimate of drug-likeness (QED) is 0.525. The van der Waals surface area contributed by atoms with Crippen LogP contribution in [0.15, 0.2) is 65.8 Å². The van der Waals surface area contributed by atoms with E-state index in [-0.39, 0.29) is 5.41 Å². The van der Waals surface area contributed by atoms with E-state index in [1.807, 2.05) is 13.0 Å². The van der Waals surface area contributed by atoms with E-state index in [4.69, 9.17) is 11.6 Å². The second-order valence-electron chi connectivity index (χ2n) is 6.80. The van der Waals surface area contributed by atoms with Gasteiger partial charge in [0.25, 0.3) is 0 Å². The predicted octanol–water partition coefficient (Wildman–Crippen LogP) is 6.79. The Hall–Kier alpha value is -1.53. The first-order chi connectivity index (χ1) is 11.1. The second-order valence-corrected chi connectivity index (χ2v) is 7.36. The Morgan fingerprint density at radius 3 is 2.74 bits per heavy atom. The molecule has 0 saturated heterocycles.